The van der Waals surface area contributed by atoms with E-state index in [1.807, 2.05) is 0 Å². The van der Waals surface area contributed by atoms with Crippen LogP contribution in [0.2, 0.25) is 0 Å². The van der Waals surface area contributed by atoms with Crippen molar-refractivity contribution in [1.29, 1.82) is 0 Å². The lowest BCUT2D eigenvalue weighted by Gasteiger charge is -2.27. The van der Waals surface area contributed by atoms with Crippen molar-refractivity contribution in [2.75, 3.05) is 0 Å². The van der Waals surface area contributed by atoms with Gasteiger partial charge in [0.25, 0.3) is 0 Å². The minimum atomic E-state index is 0.116. The van der Waals surface area contributed by atoms with Gasteiger partial charge in [-0.25, -0.2) is 5.43 Å². The number of hydrogen-bond donors (Lipinski definition) is 2. The molecule has 1 heterocycles. The fourth-order valence-electron chi connectivity index (χ4n) is 2.53. The number of thiophene rings is 1. The van der Waals surface area contributed by atoms with Crippen LogP contribution in [0.15, 0.2) is 41.8 Å². The Bertz CT molecular complexity index is 503. The highest BCUT2D eigenvalue weighted by atomic mass is 32.1. The first kappa shape index (κ1) is 11.9. The first-order chi connectivity index (χ1) is 8.88. The molecule has 0 radical (unpaired) electrons. The van der Waals surface area contributed by atoms with Gasteiger partial charge in [-0.15, -0.1) is 11.3 Å². The third-order valence-corrected chi connectivity index (χ3v) is 4.75. The van der Waals surface area contributed by atoms with Crippen LogP contribution in [0.25, 0.3) is 0 Å². The summed E-state index contributed by atoms with van der Waals surface area (Å²) in [7, 11) is 0. The van der Waals surface area contributed by atoms with E-state index in [2.05, 4.69) is 47.2 Å². The molecule has 3 heteroatoms. The fourth-order valence-corrected chi connectivity index (χ4v) is 3.34. The van der Waals surface area contributed by atoms with Gasteiger partial charge in [-0.05, 0) is 41.3 Å². The van der Waals surface area contributed by atoms with E-state index in [0.29, 0.717) is 0 Å². The molecule has 0 saturated heterocycles. The summed E-state index contributed by atoms with van der Waals surface area (Å²) < 4.78 is 0. The van der Waals surface area contributed by atoms with Gasteiger partial charge >= 0.3 is 0 Å². The van der Waals surface area contributed by atoms with E-state index in [-0.39, 0.29) is 6.04 Å². The second-order valence-corrected chi connectivity index (χ2v) is 5.89. The molecule has 2 aromatic rings. The van der Waals surface area contributed by atoms with Crippen molar-refractivity contribution in [2.45, 2.75) is 31.2 Å². The molecule has 1 aliphatic carbocycles. The molecule has 0 aliphatic heterocycles. The average Bonchev–Trinajstić information content (AvgIpc) is 2.82. The Balaban J connectivity index is 1.90. The lowest BCUT2D eigenvalue weighted by atomic mass is 9.79. The zero-order valence-electron chi connectivity index (χ0n) is 10.3. The van der Waals surface area contributed by atoms with E-state index in [1.165, 1.54) is 35.3 Å². The summed E-state index contributed by atoms with van der Waals surface area (Å²) in [6.07, 6.45) is 4.05. The van der Waals surface area contributed by atoms with Gasteiger partial charge in [-0.3, -0.25) is 5.84 Å². The summed E-state index contributed by atoms with van der Waals surface area (Å²) in [6, 6.07) is 13.2. The highest BCUT2D eigenvalue weighted by Gasteiger charge is 2.21. The summed E-state index contributed by atoms with van der Waals surface area (Å²) in [6.45, 7) is 0. The van der Waals surface area contributed by atoms with Crippen LogP contribution >= 0.6 is 11.3 Å². The molecule has 94 valence electrons. The predicted octanol–water partition coefficient (Wildman–Crippen LogP) is 3.57. The van der Waals surface area contributed by atoms with E-state index >= 15 is 0 Å². The molecule has 1 unspecified atom stereocenters. The van der Waals surface area contributed by atoms with E-state index < -0.39 is 0 Å². The molecule has 1 saturated carbocycles. The molecule has 1 aliphatic rings. The van der Waals surface area contributed by atoms with Gasteiger partial charge in [0.05, 0.1) is 6.04 Å². The summed E-state index contributed by atoms with van der Waals surface area (Å²) >= 11 is 1.74. The van der Waals surface area contributed by atoms with Gasteiger partial charge in [-0.1, -0.05) is 36.8 Å². The van der Waals surface area contributed by atoms with Gasteiger partial charge < -0.3 is 0 Å². The van der Waals surface area contributed by atoms with Crippen LogP contribution in [-0.4, -0.2) is 0 Å². The summed E-state index contributed by atoms with van der Waals surface area (Å²) in [5.41, 5.74) is 5.67. The number of nitrogens with two attached hydrogens (primary N) is 1. The molecular weight excluding hydrogens is 240 g/mol. The van der Waals surface area contributed by atoms with Gasteiger partial charge in [0.1, 0.15) is 0 Å². The molecule has 18 heavy (non-hydrogen) atoms. The van der Waals surface area contributed by atoms with Crippen molar-refractivity contribution in [2.24, 2.45) is 5.84 Å². The van der Waals surface area contributed by atoms with Crippen molar-refractivity contribution in [1.82, 2.24) is 5.43 Å². The minimum Gasteiger partial charge on any atom is -0.271 e. The Morgan fingerprint density at radius 3 is 2.72 bits per heavy atom. The van der Waals surface area contributed by atoms with E-state index in [0.717, 1.165) is 5.92 Å². The smallest absolute Gasteiger partial charge is 0.0802 e. The predicted molar refractivity (Wildman–Crippen MR) is 76.5 cm³/mol. The molecule has 1 aromatic heterocycles. The van der Waals surface area contributed by atoms with Crippen LogP contribution in [0.5, 0.6) is 0 Å². The third-order valence-electron chi connectivity index (χ3n) is 3.81. The number of hydrogen-bond acceptors (Lipinski definition) is 3. The number of rotatable bonds is 4. The van der Waals surface area contributed by atoms with Crippen molar-refractivity contribution in [3.8, 4) is 0 Å². The van der Waals surface area contributed by atoms with Crippen LogP contribution in [0.1, 0.15) is 47.2 Å². The maximum Gasteiger partial charge on any atom is 0.0802 e. The fraction of sp³-hybridized carbons (Fsp3) is 0.333. The van der Waals surface area contributed by atoms with E-state index in [1.54, 1.807) is 11.3 Å². The average molecular weight is 258 g/mol. The quantitative estimate of drug-likeness (QED) is 0.650. The van der Waals surface area contributed by atoms with E-state index in [9.17, 15) is 0 Å². The van der Waals surface area contributed by atoms with E-state index in [4.69, 9.17) is 5.84 Å². The summed E-state index contributed by atoms with van der Waals surface area (Å²) in [5.74, 6) is 6.50. The van der Waals surface area contributed by atoms with Gasteiger partial charge in [0, 0.05) is 4.88 Å². The largest absolute Gasteiger partial charge is 0.271 e. The molecule has 0 amide bonds. The topological polar surface area (TPSA) is 38.0 Å². The Labute approximate surface area is 112 Å². The molecular formula is C15H18N2S. The number of benzene rings is 1. The standard InChI is InChI=1S/C15H18N2S/c16-17-15(14-8-3-9-18-14)13-7-2-6-12(10-13)11-4-1-5-11/h2-3,6-11,15,17H,1,4-5,16H2. The molecule has 0 spiro atoms. The van der Waals surface area contributed by atoms with Gasteiger partial charge in [0.15, 0.2) is 0 Å². The van der Waals surface area contributed by atoms with Crippen LogP contribution in [-0.2, 0) is 0 Å². The first-order valence-electron chi connectivity index (χ1n) is 6.48. The van der Waals surface area contributed by atoms with Crippen LogP contribution < -0.4 is 11.3 Å². The number of nitrogens with one attached hydrogen (secondary N) is 1. The maximum atomic E-state index is 5.73. The molecule has 1 fully saturated rings. The highest BCUT2D eigenvalue weighted by molar-refractivity contribution is 7.10. The highest BCUT2D eigenvalue weighted by Crippen LogP contribution is 2.37. The Kier molecular flexibility index (Phi) is 3.46. The normalized spacial score (nSPS) is 17.4. The van der Waals surface area contributed by atoms with Crippen LogP contribution in [0, 0.1) is 0 Å². The number of hydrazine groups is 1. The molecule has 0 bridgehead atoms. The van der Waals surface area contributed by atoms with Gasteiger partial charge in [0.2, 0.25) is 0 Å². The molecule has 3 rings (SSSR count). The van der Waals surface area contributed by atoms with Crippen molar-refractivity contribution in [3.63, 3.8) is 0 Å². The first-order valence-corrected chi connectivity index (χ1v) is 7.36. The molecule has 1 atom stereocenters. The van der Waals surface area contributed by atoms with Gasteiger partial charge in [-0.2, -0.15) is 0 Å². The maximum absolute atomic E-state index is 5.73. The SMILES string of the molecule is NNC(c1cccc(C2CCC2)c1)c1cccs1. The monoisotopic (exact) mass is 258 g/mol. The minimum absolute atomic E-state index is 0.116. The lowest BCUT2D eigenvalue weighted by Crippen LogP contribution is -2.28. The van der Waals surface area contributed by atoms with Crippen molar-refractivity contribution >= 4 is 11.3 Å². The van der Waals surface area contributed by atoms with Crippen LogP contribution in [0.3, 0.4) is 0 Å². The zero-order valence-corrected chi connectivity index (χ0v) is 11.1. The third kappa shape index (κ3) is 2.21. The van der Waals surface area contributed by atoms with Crippen molar-refractivity contribution < 1.29 is 0 Å². The lowest BCUT2D eigenvalue weighted by molar-refractivity contribution is 0.419. The van der Waals surface area contributed by atoms with Crippen LogP contribution in [0.4, 0.5) is 0 Å². The Morgan fingerprint density at radius 2 is 2.11 bits per heavy atom. The second kappa shape index (κ2) is 5.22. The summed E-state index contributed by atoms with van der Waals surface area (Å²) in [5, 5.41) is 2.09. The van der Waals surface area contributed by atoms with Crippen molar-refractivity contribution in [3.05, 3.63) is 57.8 Å². The molecule has 2 nitrogen and oxygen atoms in total. The summed E-state index contributed by atoms with van der Waals surface area (Å²) in [4.78, 5) is 1.27. The Hall–Kier alpha value is -1.16. The molecule has 1 aromatic carbocycles. The second-order valence-electron chi connectivity index (χ2n) is 4.91. The molecule has 3 N–H and O–H groups in total. The Morgan fingerprint density at radius 1 is 1.22 bits per heavy atom. The zero-order chi connectivity index (χ0) is 12.4.